The van der Waals surface area contributed by atoms with Crippen molar-refractivity contribution in [1.29, 1.82) is 0 Å². The molecule has 0 spiro atoms. The Morgan fingerprint density at radius 1 is 1.12 bits per heavy atom. The highest BCUT2D eigenvalue weighted by molar-refractivity contribution is 5.95. The van der Waals surface area contributed by atoms with Crippen LogP contribution in [0.15, 0.2) is 36.7 Å². The normalized spacial score (nSPS) is 23.3. The number of carbonyl (C=O) groups is 2. The average molecular weight is 460 g/mol. The van der Waals surface area contributed by atoms with Crippen LogP contribution in [0, 0.1) is 0 Å². The van der Waals surface area contributed by atoms with Crippen molar-refractivity contribution in [3.63, 3.8) is 0 Å². The fraction of sp³-hybridized carbons (Fsp3) is 0.478. The number of aromatic nitrogens is 2. The maximum Gasteiger partial charge on any atom is 0.416 e. The number of alkyl halides is 3. The molecule has 174 valence electrons. The summed E-state index contributed by atoms with van der Waals surface area (Å²) < 4.78 is 45.1. The molecule has 2 saturated heterocycles. The Kier molecular flexibility index (Phi) is 5.46. The van der Waals surface area contributed by atoms with Crippen LogP contribution in [0.25, 0.3) is 0 Å². The first-order valence-electron chi connectivity index (χ1n) is 11.0. The molecule has 10 heteroatoms. The lowest BCUT2D eigenvalue weighted by Gasteiger charge is -2.25. The molecule has 5 rings (SSSR count). The van der Waals surface area contributed by atoms with E-state index in [2.05, 4.69) is 9.97 Å². The van der Waals surface area contributed by atoms with Crippen LogP contribution in [0.4, 0.5) is 13.2 Å². The Balaban J connectivity index is 1.26. The van der Waals surface area contributed by atoms with Crippen molar-refractivity contribution < 1.29 is 27.5 Å². The van der Waals surface area contributed by atoms with E-state index in [0.29, 0.717) is 24.8 Å². The summed E-state index contributed by atoms with van der Waals surface area (Å²) in [5, 5.41) is 0. The summed E-state index contributed by atoms with van der Waals surface area (Å²) in [6, 6.07) is 4.12. The topological polar surface area (TPSA) is 75.6 Å². The molecule has 2 amide bonds. The van der Waals surface area contributed by atoms with E-state index in [0.717, 1.165) is 30.7 Å². The first-order chi connectivity index (χ1) is 15.8. The summed E-state index contributed by atoms with van der Waals surface area (Å²) in [4.78, 5) is 37.5. The van der Waals surface area contributed by atoms with E-state index in [1.807, 2.05) is 0 Å². The molecular formula is C23H23F3N4O3. The molecule has 0 radical (unpaired) electrons. The third kappa shape index (κ3) is 4.65. The smallest absolute Gasteiger partial charge is 0.416 e. The molecule has 3 fully saturated rings. The van der Waals surface area contributed by atoms with Crippen LogP contribution in [0.3, 0.4) is 0 Å². The van der Waals surface area contributed by atoms with Crippen molar-refractivity contribution in [1.82, 2.24) is 19.8 Å². The highest BCUT2D eigenvalue weighted by Crippen LogP contribution is 2.38. The van der Waals surface area contributed by atoms with Crippen LogP contribution in [0.5, 0.6) is 5.88 Å². The number of benzene rings is 1. The first kappa shape index (κ1) is 21.7. The molecule has 2 aromatic rings. The van der Waals surface area contributed by atoms with Gasteiger partial charge in [-0.2, -0.15) is 13.2 Å². The predicted molar refractivity (Wildman–Crippen MR) is 111 cm³/mol. The zero-order valence-electron chi connectivity index (χ0n) is 17.8. The highest BCUT2D eigenvalue weighted by atomic mass is 19.4. The third-order valence-corrected chi connectivity index (χ3v) is 6.38. The molecule has 33 heavy (non-hydrogen) atoms. The minimum absolute atomic E-state index is 0.0393. The number of ether oxygens (including phenoxy) is 1. The molecule has 3 heterocycles. The quantitative estimate of drug-likeness (QED) is 0.700. The fourth-order valence-electron chi connectivity index (χ4n) is 4.50. The molecular weight excluding hydrogens is 437 g/mol. The van der Waals surface area contributed by atoms with Crippen LogP contribution < -0.4 is 4.74 Å². The SMILES string of the molecule is O=C(c1cccc(C(F)(F)F)c1)N1CCC(=O)N2CC(Oc3cnc(C4CC4)cn3)C[C@@H]2C1. The average Bonchev–Trinajstić information content (AvgIpc) is 3.59. The summed E-state index contributed by atoms with van der Waals surface area (Å²) in [6.45, 7) is 0.786. The maximum atomic E-state index is 13.1. The zero-order chi connectivity index (χ0) is 23.2. The lowest BCUT2D eigenvalue weighted by Crippen LogP contribution is -2.40. The zero-order valence-corrected chi connectivity index (χ0v) is 17.8. The van der Waals surface area contributed by atoms with E-state index in [-0.39, 0.29) is 43.1 Å². The molecule has 1 aromatic heterocycles. The number of hydrogen-bond donors (Lipinski definition) is 0. The van der Waals surface area contributed by atoms with Crippen LogP contribution in [0.1, 0.15) is 53.2 Å². The number of hydrogen-bond acceptors (Lipinski definition) is 5. The lowest BCUT2D eigenvalue weighted by atomic mass is 10.1. The second-order valence-electron chi connectivity index (χ2n) is 8.81. The van der Waals surface area contributed by atoms with Gasteiger partial charge >= 0.3 is 6.18 Å². The molecule has 1 aromatic carbocycles. The number of fused-ring (bicyclic) bond motifs is 1. The summed E-state index contributed by atoms with van der Waals surface area (Å²) >= 11 is 0. The summed E-state index contributed by atoms with van der Waals surface area (Å²) in [7, 11) is 0. The summed E-state index contributed by atoms with van der Waals surface area (Å²) in [5.41, 5.74) is 0.0492. The largest absolute Gasteiger partial charge is 0.471 e. The van der Waals surface area contributed by atoms with E-state index in [1.54, 1.807) is 17.3 Å². The van der Waals surface area contributed by atoms with Gasteiger partial charge in [0, 0.05) is 37.4 Å². The van der Waals surface area contributed by atoms with Gasteiger partial charge in [0.25, 0.3) is 5.91 Å². The second-order valence-corrected chi connectivity index (χ2v) is 8.81. The molecule has 3 aliphatic rings. The molecule has 1 unspecified atom stereocenters. The van der Waals surface area contributed by atoms with Crippen molar-refractivity contribution in [2.24, 2.45) is 0 Å². The van der Waals surface area contributed by atoms with E-state index < -0.39 is 17.6 Å². The summed E-state index contributed by atoms with van der Waals surface area (Å²) in [5.74, 6) is 0.280. The van der Waals surface area contributed by atoms with Gasteiger partial charge in [-0.25, -0.2) is 4.98 Å². The Hall–Kier alpha value is -3.17. The summed E-state index contributed by atoms with van der Waals surface area (Å²) in [6.07, 6.45) is 1.39. The van der Waals surface area contributed by atoms with E-state index in [4.69, 9.17) is 4.74 Å². The van der Waals surface area contributed by atoms with Crippen molar-refractivity contribution in [2.45, 2.75) is 49.9 Å². The van der Waals surface area contributed by atoms with Crippen LogP contribution in [-0.4, -0.2) is 63.4 Å². The van der Waals surface area contributed by atoms with Gasteiger partial charge < -0.3 is 14.5 Å². The van der Waals surface area contributed by atoms with Gasteiger partial charge in [-0.15, -0.1) is 0 Å². The maximum absolute atomic E-state index is 13.1. The molecule has 0 bridgehead atoms. The highest BCUT2D eigenvalue weighted by Gasteiger charge is 2.41. The standard InChI is InChI=1S/C23H23F3N4O3/c24-23(25,26)16-3-1-2-15(8-16)22(32)29-7-6-21(31)30-13-18(9-17(30)12-29)33-20-11-27-19(10-28-20)14-4-5-14/h1-3,8,10-11,14,17-18H,4-7,9,12-13H2/t17-,18?/m1/s1. The molecule has 7 nitrogen and oxygen atoms in total. The monoisotopic (exact) mass is 460 g/mol. The minimum atomic E-state index is -4.53. The second kappa shape index (κ2) is 8.31. The van der Waals surface area contributed by atoms with Gasteiger partial charge in [0.15, 0.2) is 0 Å². The van der Waals surface area contributed by atoms with Crippen molar-refractivity contribution in [2.75, 3.05) is 19.6 Å². The molecule has 1 aliphatic carbocycles. The number of rotatable bonds is 4. The Bertz CT molecular complexity index is 1060. The van der Waals surface area contributed by atoms with Gasteiger partial charge in [0.05, 0.1) is 36.2 Å². The third-order valence-electron chi connectivity index (χ3n) is 6.38. The Labute approximate surface area is 188 Å². The lowest BCUT2D eigenvalue weighted by molar-refractivity contribution is -0.137. The molecule has 2 aliphatic heterocycles. The van der Waals surface area contributed by atoms with Gasteiger partial charge in [-0.3, -0.25) is 14.6 Å². The van der Waals surface area contributed by atoms with Crippen molar-refractivity contribution in [3.05, 3.63) is 53.5 Å². The molecule has 1 saturated carbocycles. The van der Waals surface area contributed by atoms with Gasteiger partial charge in [0.1, 0.15) is 6.10 Å². The number of carbonyl (C=O) groups excluding carboxylic acids is 2. The van der Waals surface area contributed by atoms with Gasteiger partial charge in [-0.05, 0) is 31.0 Å². The van der Waals surface area contributed by atoms with Crippen molar-refractivity contribution >= 4 is 11.8 Å². The first-order valence-corrected chi connectivity index (χ1v) is 11.0. The van der Waals surface area contributed by atoms with Crippen LogP contribution >= 0.6 is 0 Å². The van der Waals surface area contributed by atoms with Crippen LogP contribution in [-0.2, 0) is 11.0 Å². The fourth-order valence-corrected chi connectivity index (χ4v) is 4.50. The molecule has 0 N–H and O–H groups in total. The Morgan fingerprint density at radius 3 is 2.64 bits per heavy atom. The van der Waals surface area contributed by atoms with E-state index >= 15 is 0 Å². The minimum Gasteiger partial charge on any atom is -0.471 e. The Morgan fingerprint density at radius 2 is 1.94 bits per heavy atom. The molecule has 2 atom stereocenters. The number of halogens is 3. The number of nitrogens with zero attached hydrogens (tertiary/aromatic N) is 4. The van der Waals surface area contributed by atoms with Gasteiger partial charge in [-0.1, -0.05) is 6.07 Å². The van der Waals surface area contributed by atoms with Crippen molar-refractivity contribution in [3.8, 4) is 5.88 Å². The van der Waals surface area contributed by atoms with E-state index in [1.165, 1.54) is 17.0 Å². The van der Waals surface area contributed by atoms with Crippen LogP contribution in [0.2, 0.25) is 0 Å². The predicted octanol–water partition coefficient (Wildman–Crippen LogP) is 3.27. The number of amides is 2. The van der Waals surface area contributed by atoms with Gasteiger partial charge in [0.2, 0.25) is 11.8 Å². The van der Waals surface area contributed by atoms with E-state index in [9.17, 15) is 22.8 Å².